The summed E-state index contributed by atoms with van der Waals surface area (Å²) in [7, 11) is 2.51. The van der Waals surface area contributed by atoms with Crippen molar-refractivity contribution in [3.05, 3.63) is 77.4 Å². The van der Waals surface area contributed by atoms with Gasteiger partial charge in [0.1, 0.15) is 11.5 Å². The number of carbonyl (C=O) groups is 1. The first kappa shape index (κ1) is 21.6. The third-order valence-electron chi connectivity index (χ3n) is 5.84. The van der Waals surface area contributed by atoms with E-state index in [1.165, 1.54) is 19.1 Å². The molecule has 0 aliphatic carbocycles. The maximum Gasteiger partial charge on any atom is 0.329 e. The third kappa shape index (κ3) is 3.38. The van der Waals surface area contributed by atoms with Crippen molar-refractivity contribution in [3.8, 4) is 11.5 Å². The summed E-state index contributed by atoms with van der Waals surface area (Å²) in [5.74, 6) is -1.87. The third-order valence-corrected chi connectivity index (χ3v) is 5.84. The number of amides is 2. The average Bonchev–Trinajstić information content (AvgIpc) is 3.22. The minimum Gasteiger partial charge on any atom is -0.493 e. The van der Waals surface area contributed by atoms with Gasteiger partial charge in [-0.15, -0.1) is 0 Å². The molecule has 0 saturated carbocycles. The number of carbonyl (C=O) groups excluding carboxylic acids is 1. The second kappa shape index (κ2) is 8.29. The van der Waals surface area contributed by atoms with Gasteiger partial charge in [0, 0.05) is 41.7 Å². The maximum atomic E-state index is 15.3. The van der Waals surface area contributed by atoms with Crippen molar-refractivity contribution in [1.82, 2.24) is 9.97 Å². The van der Waals surface area contributed by atoms with E-state index in [0.717, 1.165) is 22.2 Å². The number of methoxy groups -OCH3 is 2. The predicted octanol–water partition coefficient (Wildman–Crippen LogP) is 4.40. The Morgan fingerprint density at radius 1 is 1.12 bits per heavy atom. The van der Waals surface area contributed by atoms with Crippen molar-refractivity contribution in [2.24, 2.45) is 0 Å². The number of ether oxygens (including phenoxy) is 2. The first-order valence-electron chi connectivity index (χ1n) is 10.5. The number of rotatable bonds is 5. The van der Waals surface area contributed by atoms with Crippen LogP contribution in [0.3, 0.4) is 0 Å². The molecule has 1 aromatic carbocycles. The van der Waals surface area contributed by atoms with Gasteiger partial charge in [0.15, 0.2) is 23.1 Å². The van der Waals surface area contributed by atoms with E-state index >= 15 is 8.78 Å². The van der Waals surface area contributed by atoms with Crippen LogP contribution in [0.4, 0.5) is 30.8 Å². The van der Waals surface area contributed by atoms with Crippen LogP contribution in [0.25, 0.3) is 0 Å². The molecule has 0 bridgehead atoms. The standard InChI is InChI=1S/C24H21F2N5O3/c1-13-8-16-21-14(10-28-23(16)29-13)11-30(24(32)31(21)12-15-6-4-5-7-27-15)22-19(25)17(33-2)9-18(34-3)20(22)26/h4-7,9-10H,1,8,11-12H2,2-3H3,(H,28,29). The molecule has 0 atom stereocenters. The largest absolute Gasteiger partial charge is 0.493 e. The molecule has 8 nitrogen and oxygen atoms in total. The van der Waals surface area contributed by atoms with Crippen LogP contribution in [-0.2, 0) is 19.5 Å². The molecule has 2 amide bonds. The molecule has 2 aromatic heterocycles. The summed E-state index contributed by atoms with van der Waals surface area (Å²) in [6.45, 7) is 3.97. The highest BCUT2D eigenvalue weighted by molar-refractivity contribution is 6.07. The summed E-state index contributed by atoms with van der Waals surface area (Å²) >= 11 is 0. The number of pyridine rings is 2. The molecule has 5 rings (SSSR count). The van der Waals surface area contributed by atoms with Crippen LogP contribution in [0.15, 0.2) is 48.9 Å². The molecular weight excluding hydrogens is 444 g/mol. The van der Waals surface area contributed by atoms with E-state index in [1.54, 1.807) is 24.5 Å². The number of anilines is 3. The fourth-order valence-electron chi connectivity index (χ4n) is 4.30. The van der Waals surface area contributed by atoms with E-state index < -0.39 is 23.4 Å². The van der Waals surface area contributed by atoms with Crippen molar-refractivity contribution in [2.75, 3.05) is 29.3 Å². The number of hydrogen-bond donors (Lipinski definition) is 1. The highest BCUT2D eigenvalue weighted by atomic mass is 19.1. The maximum absolute atomic E-state index is 15.3. The molecule has 10 heteroatoms. The Balaban J connectivity index is 1.69. The molecule has 34 heavy (non-hydrogen) atoms. The van der Waals surface area contributed by atoms with E-state index in [1.807, 2.05) is 6.07 Å². The van der Waals surface area contributed by atoms with Gasteiger partial charge < -0.3 is 14.8 Å². The number of fused-ring (bicyclic) bond motifs is 3. The summed E-state index contributed by atoms with van der Waals surface area (Å²) in [6, 6.07) is 5.85. The van der Waals surface area contributed by atoms with Crippen molar-refractivity contribution in [3.63, 3.8) is 0 Å². The van der Waals surface area contributed by atoms with Gasteiger partial charge >= 0.3 is 6.03 Å². The number of nitrogens with one attached hydrogen (secondary N) is 1. The normalized spacial score (nSPS) is 14.6. The highest BCUT2D eigenvalue weighted by Crippen LogP contribution is 2.44. The Morgan fingerprint density at radius 3 is 2.50 bits per heavy atom. The minimum absolute atomic E-state index is 0.0934. The van der Waals surface area contributed by atoms with Crippen LogP contribution in [0.1, 0.15) is 16.8 Å². The van der Waals surface area contributed by atoms with Crippen molar-refractivity contribution >= 4 is 23.2 Å². The molecule has 2 aliphatic rings. The van der Waals surface area contributed by atoms with Crippen molar-refractivity contribution in [2.45, 2.75) is 19.5 Å². The lowest BCUT2D eigenvalue weighted by Gasteiger charge is -2.38. The number of hydrogen-bond acceptors (Lipinski definition) is 6. The number of aromatic nitrogens is 2. The molecule has 0 unspecified atom stereocenters. The Bertz CT molecular complexity index is 1290. The molecular formula is C24H21F2N5O3. The zero-order valence-corrected chi connectivity index (χ0v) is 18.6. The quantitative estimate of drug-likeness (QED) is 0.602. The van der Waals surface area contributed by atoms with Gasteiger partial charge in [0.25, 0.3) is 0 Å². The monoisotopic (exact) mass is 465 g/mol. The van der Waals surface area contributed by atoms with E-state index in [2.05, 4.69) is 21.9 Å². The van der Waals surface area contributed by atoms with E-state index in [0.29, 0.717) is 29.2 Å². The van der Waals surface area contributed by atoms with Gasteiger partial charge in [-0.3, -0.25) is 14.8 Å². The molecule has 0 saturated heterocycles. The summed E-state index contributed by atoms with van der Waals surface area (Å²) in [5, 5.41) is 3.11. The molecule has 0 fully saturated rings. The summed E-state index contributed by atoms with van der Waals surface area (Å²) in [6.07, 6.45) is 3.69. The molecule has 1 N–H and O–H groups in total. The van der Waals surface area contributed by atoms with Crippen LogP contribution in [0.5, 0.6) is 11.5 Å². The van der Waals surface area contributed by atoms with E-state index in [9.17, 15) is 4.79 Å². The Morgan fingerprint density at radius 2 is 1.85 bits per heavy atom. The number of nitrogens with zero attached hydrogens (tertiary/aromatic N) is 4. The van der Waals surface area contributed by atoms with Crippen LogP contribution in [0.2, 0.25) is 0 Å². The van der Waals surface area contributed by atoms with Crippen LogP contribution < -0.4 is 24.6 Å². The fourth-order valence-corrected chi connectivity index (χ4v) is 4.30. The lowest BCUT2D eigenvalue weighted by atomic mass is 10.0. The smallest absolute Gasteiger partial charge is 0.329 e. The topological polar surface area (TPSA) is 79.8 Å². The second-order valence-corrected chi connectivity index (χ2v) is 7.90. The number of halogens is 2. The Hall–Kier alpha value is -4.21. The minimum atomic E-state index is -1.00. The number of benzene rings is 1. The van der Waals surface area contributed by atoms with Crippen LogP contribution >= 0.6 is 0 Å². The predicted molar refractivity (Wildman–Crippen MR) is 122 cm³/mol. The average molecular weight is 465 g/mol. The van der Waals surface area contributed by atoms with Crippen LogP contribution in [0, 0.1) is 11.6 Å². The zero-order chi connectivity index (χ0) is 24.0. The van der Waals surface area contributed by atoms with Crippen molar-refractivity contribution in [1.29, 1.82) is 0 Å². The Labute approximate surface area is 194 Å². The Kier molecular flexibility index (Phi) is 5.27. The number of urea groups is 1. The lowest BCUT2D eigenvalue weighted by molar-refractivity contribution is 0.249. The molecule has 0 spiro atoms. The summed E-state index contributed by atoms with van der Waals surface area (Å²) in [4.78, 5) is 25.1. The zero-order valence-electron chi connectivity index (χ0n) is 18.6. The van der Waals surface area contributed by atoms with Gasteiger partial charge in [0.2, 0.25) is 0 Å². The van der Waals surface area contributed by atoms with Crippen LogP contribution in [-0.4, -0.2) is 30.2 Å². The van der Waals surface area contributed by atoms with Gasteiger partial charge in [0.05, 0.1) is 38.7 Å². The highest BCUT2D eigenvalue weighted by Gasteiger charge is 2.39. The van der Waals surface area contributed by atoms with Gasteiger partial charge in [-0.2, -0.15) is 0 Å². The first-order valence-corrected chi connectivity index (χ1v) is 10.5. The molecule has 0 radical (unpaired) electrons. The summed E-state index contributed by atoms with van der Waals surface area (Å²) < 4.78 is 40.8. The fraction of sp³-hybridized carbons (Fsp3) is 0.208. The lowest BCUT2D eigenvalue weighted by Crippen LogP contribution is -2.48. The van der Waals surface area contributed by atoms with Gasteiger partial charge in [-0.05, 0) is 12.1 Å². The second-order valence-electron chi connectivity index (χ2n) is 7.90. The van der Waals surface area contributed by atoms with E-state index in [4.69, 9.17) is 9.47 Å². The first-order chi connectivity index (χ1) is 16.4. The molecule has 4 heterocycles. The molecule has 2 aliphatic heterocycles. The number of allylic oxidation sites excluding steroid dienone is 1. The molecule has 3 aromatic rings. The van der Waals surface area contributed by atoms with Crippen molar-refractivity contribution < 1.29 is 23.0 Å². The SMILES string of the molecule is C=C1Cc2c(ncc3c2N(Cc2ccccn2)C(=O)N(c2c(F)c(OC)cc(OC)c2F)C3)N1. The van der Waals surface area contributed by atoms with Gasteiger partial charge in [-0.1, -0.05) is 12.6 Å². The van der Waals surface area contributed by atoms with E-state index in [-0.39, 0.29) is 24.6 Å². The van der Waals surface area contributed by atoms with Gasteiger partial charge in [-0.25, -0.2) is 18.6 Å². The molecule has 174 valence electrons. The summed E-state index contributed by atoms with van der Waals surface area (Å²) in [5.41, 5.74) is 2.88.